The number of nitrogens with one attached hydrogen (secondary N) is 1. The van der Waals surface area contributed by atoms with E-state index in [2.05, 4.69) is 37.6 Å². The first-order valence-electron chi connectivity index (χ1n) is 4.75. The molecular formula is C11H16ClNS. The van der Waals surface area contributed by atoms with E-state index in [1.165, 1.54) is 10.5 Å². The van der Waals surface area contributed by atoms with Crippen molar-refractivity contribution in [2.45, 2.75) is 24.8 Å². The standard InChI is InChI=1S/C11H16ClNS/c1-4-13-8(2)10-6-5-9(14-3)7-11(10)12/h5-8,13H,4H2,1-3H3. The zero-order valence-corrected chi connectivity index (χ0v) is 10.4. The Balaban J connectivity index is 2.88. The molecule has 0 bridgehead atoms. The lowest BCUT2D eigenvalue weighted by molar-refractivity contribution is 0.598. The van der Waals surface area contributed by atoms with Crippen LogP contribution in [0.5, 0.6) is 0 Å². The summed E-state index contributed by atoms with van der Waals surface area (Å²) in [6, 6.07) is 6.56. The van der Waals surface area contributed by atoms with Crippen molar-refractivity contribution in [1.29, 1.82) is 0 Å². The fraction of sp³-hybridized carbons (Fsp3) is 0.455. The van der Waals surface area contributed by atoms with Crippen molar-refractivity contribution in [3.8, 4) is 0 Å². The third-order valence-corrected chi connectivity index (χ3v) is 3.24. The molecule has 0 aliphatic rings. The van der Waals surface area contributed by atoms with Gasteiger partial charge in [-0.25, -0.2) is 0 Å². The summed E-state index contributed by atoms with van der Waals surface area (Å²) >= 11 is 7.90. The molecule has 0 spiro atoms. The monoisotopic (exact) mass is 229 g/mol. The molecule has 1 aromatic rings. The fourth-order valence-corrected chi connectivity index (χ4v) is 2.25. The van der Waals surface area contributed by atoms with E-state index in [1.54, 1.807) is 11.8 Å². The van der Waals surface area contributed by atoms with Gasteiger partial charge in [-0.15, -0.1) is 11.8 Å². The second kappa shape index (κ2) is 5.64. The highest BCUT2D eigenvalue weighted by Crippen LogP contribution is 2.27. The Bertz CT molecular complexity index is 301. The average molecular weight is 230 g/mol. The third kappa shape index (κ3) is 2.91. The van der Waals surface area contributed by atoms with Gasteiger partial charge in [-0.3, -0.25) is 0 Å². The molecule has 1 atom stereocenters. The van der Waals surface area contributed by atoms with Crippen molar-refractivity contribution in [3.05, 3.63) is 28.8 Å². The Kier molecular flexibility index (Phi) is 4.79. The van der Waals surface area contributed by atoms with Gasteiger partial charge >= 0.3 is 0 Å². The third-order valence-electron chi connectivity index (χ3n) is 2.18. The Morgan fingerprint density at radius 3 is 2.71 bits per heavy atom. The molecule has 0 radical (unpaired) electrons. The smallest absolute Gasteiger partial charge is 0.0464 e. The van der Waals surface area contributed by atoms with Crippen LogP contribution in [0.25, 0.3) is 0 Å². The Labute approximate surface area is 95.2 Å². The number of hydrogen-bond acceptors (Lipinski definition) is 2. The number of thioether (sulfide) groups is 1. The molecule has 14 heavy (non-hydrogen) atoms. The zero-order valence-electron chi connectivity index (χ0n) is 8.80. The molecule has 1 aromatic carbocycles. The first kappa shape index (κ1) is 11.9. The van der Waals surface area contributed by atoms with Crippen LogP contribution in [0.4, 0.5) is 0 Å². The molecule has 0 heterocycles. The van der Waals surface area contributed by atoms with Gasteiger partial charge in [0.25, 0.3) is 0 Å². The minimum atomic E-state index is 0.323. The molecule has 0 aliphatic heterocycles. The van der Waals surface area contributed by atoms with Crippen LogP contribution in [-0.2, 0) is 0 Å². The van der Waals surface area contributed by atoms with Gasteiger partial charge in [-0.2, -0.15) is 0 Å². The van der Waals surface area contributed by atoms with E-state index in [1.807, 2.05) is 6.07 Å². The van der Waals surface area contributed by atoms with Gasteiger partial charge in [-0.1, -0.05) is 24.6 Å². The van der Waals surface area contributed by atoms with Gasteiger partial charge in [0.05, 0.1) is 0 Å². The van der Waals surface area contributed by atoms with Crippen molar-refractivity contribution in [2.24, 2.45) is 0 Å². The topological polar surface area (TPSA) is 12.0 Å². The van der Waals surface area contributed by atoms with E-state index in [0.29, 0.717) is 6.04 Å². The lowest BCUT2D eigenvalue weighted by Gasteiger charge is -2.14. The van der Waals surface area contributed by atoms with E-state index in [0.717, 1.165) is 11.6 Å². The van der Waals surface area contributed by atoms with E-state index < -0.39 is 0 Å². The average Bonchev–Trinajstić information content (AvgIpc) is 2.17. The summed E-state index contributed by atoms with van der Waals surface area (Å²) in [6.07, 6.45) is 2.05. The Morgan fingerprint density at radius 1 is 1.50 bits per heavy atom. The summed E-state index contributed by atoms with van der Waals surface area (Å²) in [4.78, 5) is 1.21. The van der Waals surface area contributed by atoms with Crippen molar-refractivity contribution in [1.82, 2.24) is 5.32 Å². The number of halogens is 1. The summed E-state index contributed by atoms with van der Waals surface area (Å²) in [5, 5.41) is 4.20. The predicted molar refractivity (Wildman–Crippen MR) is 65.3 cm³/mol. The Hall–Kier alpha value is -0.180. The zero-order chi connectivity index (χ0) is 10.6. The molecule has 0 aliphatic carbocycles. The van der Waals surface area contributed by atoms with Crippen LogP contribution in [0.15, 0.2) is 23.1 Å². The van der Waals surface area contributed by atoms with Crippen molar-refractivity contribution in [2.75, 3.05) is 12.8 Å². The lowest BCUT2D eigenvalue weighted by Crippen LogP contribution is -2.17. The molecular weight excluding hydrogens is 214 g/mol. The minimum absolute atomic E-state index is 0.323. The van der Waals surface area contributed by atoms with E-state index in [4.69, 9.17) is 11.6 Å². The number of hydrogen-bond donors (Lipinski definition) is 1. The molecule has 1 rings (SSSR count). The fourth-order valence-electron chi connectivity index (χ4n) is 1.40. The maximum Gasteiger partial charge on any atom is 0.0464 e. The predicted octanol–water partition coefficient (Wildman–Crippen LogP) is 3.73. The van der Waals surface area contributed by atoms with Gasteiger partial charge in [-0.05, 0) is 37.4 Å². The lowest BCUT2D eigenvalue weighted by atomic mass is 10.1. The summed E-state index contributed by atoms with van der Waals surface area (Å²) in [5.41, 5.74) is 1.17. The van der Waals surface area contributed by atoms with E-state index in [-0.39, 0.29) is 0 Å². The van der Waals surface area contributed by atoms with E-state index >= 15 is 0 Å². The van der Waals surface area contributed by atoms with Crippen molar-refractivity contribution < 1.29 is 0 Å². The second-order valence-corrected chi connectivity index (χ2v) is 4.45. The van der Waals surface area contributed by atoms with Gasteiger partial charge in [0.15, 0.2) is 0 Å². The van der Waals surface area contributed by atoms with Gasteiger partial charge in [0.1, 0.15) is 0 Å². The molecule has 78 valence electrons. The maximum atomic E-state index is 6.19. The number of benzene rings is 1. The molecule has 0 amide bonds. The van der Waals surface area contributed by atoms with Crippen LogP contribution < -0.4 is 5.32 Å². The molecule has 1 nitrogen and oxygen atoms in total. The van der Waals surface area contributed by atoms with Gasteiger partial charge in [0, 0.05) is 16.0 Å². The van der Waals surface area contributed by atoms with Crippen LogP contribution >= 0.6 is 23.4 Å². The van der Waals surface area contributed by atoms with Crippen LogP contribution in [0.3, 0.4) is 0 Å². The summed E-state index contributed by atoms with van der Waals surface area (Å²) in [7, 11) is 0. The highest BCUT2D eigenvalue weighted by atomic mass is 35.5. The van der Waals surface area contributed by atoms with Crippen LogP contribution in [-0.4, -0.2) is 12.8 Å². The SMILES string of the molecule is CCNC(C)c1ccc(SC)cc1Cl. The second-order valence-electron chi connectivity index (χ2n) is 3.17. The first-order valence-corrected chi connectivity index (χ1v) is 6.36. The quantitative estimate of drug-likeness (QED) is 0.790. The number of rotatable bonds is 4. The normalized spacial score (nSPS) is 12.9. The largest absolute Gasteiger partial charge is 0.310 e. The van der Waals surface area contributed by atoms with E-state index in [9.17, 15) is 0 Å². The summed E-state index contributed by atoms with van der Waals surface area (Å²) < 4.78 is 0. The molecule has 3 heteroatoms. The van der Waals surface area contributed by atoms with Crippen LogP contribution in [0, 0.1) is 0 Å². The maximum absolute atomic E-state index is 6.19. The molecule has 0 fully saturated rings. The van der Waals surface area contributed by atoms with Crippen LogP contribution in [0.1, 0.15) is 25.5 Å². The first-order chi connectivity index (χ1) is 6.69. The highest BCUT2D eigenvalue weighted by molar-refractivity contribution is 7.98. The molecule has 0 saturated carbocycles. The minimum Gasteiger partial charge on any atom is -0.310 e. The molecule has 0 saturated heterocycles. The van der Waals surface area contributed by atoms with Crippen LogP contribution in [0.2, 0.25) is 5.02 Å². The van der Waals surface area contributed by atoms with Crippen molar-refractivity contribution >= 4 is 23.4 Å². The summed E-state index contributed by atoms with van der Waals surface area (Å²) in [5.74, 6) is 0. The molecule has 0 aromatic heterocycles. The van der Waals surface area contributed by atoms with Gasteiger partial charge in [0.2, 0.25) is 0 Å². The summed E-state index contributed by atoms with van der Waals surface area (Å²) in [6.45, 7) is 5.19. The highest BCUT2D eigenvalue weighted by Gasteiger charge is 2.08. The van der Waals surface area contributed by atoms with Crippen molar-refractivity contribution in [3.63, 3.8) is 0 Å². The Morgan fingerprint density at radius 2 is 2.21 bits per heavy atom. The molecule has 1 unspecified atom stereocenters. The van der Waals surface area contributed by atoms with Gasteiger partial charge < -0.3 is 5.32 Å². The molecule has 1 N–H and O–H groups in total.